The van der Waals surface area contributed by atoms with E-state index < -0.39 is 17.7 Å². The summed E-state index contributed by atoms with van der Waals surface area (Å²) < 4.78 is 25.7. The maximum Gasteiger partial charge on any atom is 0.160 e. The molecule has 1 fully saturated rings. The highest BCUT2D eigenvalue weighted by Gasteiger charge is 2.26. The lowest BCUT2D eigenvalue weighted by atomic mass is 10.0. The summed E-state index contributed by atoms with van der Waals surface area (Å²) in [5, 5.41) is 9.84. The molecule has 0 radical (unpaired) electrons. The second kappa shape index (κ2) is 4.06. The predicted molar refractivity (Wildman–Crippen MR) is 53.7 cm³/mol. The van der Waals surface area contributed by atoms with Crippen LogP contribution in [0, 0.1) is 17.6 Å². The van der Waals surface area contributed by atoms with Crippen molar-refractivity contribution in [2.75, 3.05) is 0 Å². The highest BCUT2D eigenvalue weighted by molar-refractivity contribution is 6.31. The van der Waals surface area contributed by atoms with Crippen molar-refractivity contribution in [2.24, 2.45) is 5.92 Å². The van der Waals surface area contributed by atoms with Crippen molar-refractivity contribution in [3.8, 4) is 0 Å². The molecule has 2 rings (SSSR count). The average Bonchev–Trinajstić information content (AvgIpc) is 2.95. The number of hydrogen-bond acceptors (Lipinski definition) is 1. The monoisotopic (exact) mass is 232 g/mol. The van der Waals surface area contributed by atoms with Crippen molar-refractivity contribution >= 4 is 11.6 Å². The lowest BCUT2D eigenvalue weighted by Crippen LogP contribution is -2.01. The number of aliphatic hydroxyl groups excluding tert-OH is 1. The van der Waals surface area contributed by atoms with E-state index in [0.717, 1.165) is 25.0 Å². The molecule has 0 amide bonds. The minimum atomic E-state index is -0.984. The van der Waals surface area contributed by atoms with Gasteiger partial charge in [0.25, 0.3) is 0 Å². The molecule has 1 unspecified atom stereocenters. The first-order valence-electron chi connectivity index (χ1n) is 4.90. The molecule has 0 aliphatic heterocycles. The first kappa shape index (κ1) is 10.8. The zero-order valence-corrected chi connectivity index (χ0v) is 8.77. The third-order valence-electron chi connectivity index (χ3n) is 2.65. The van der Waals surface area contributed by atoms with Gasteiger partial charge in [-0.15, -0.1) is 0 Å². The Morgan fingerprint density at radius 2 is 1.93 bits per heavy atom. The van der Waals surface area contributed by atoms with E-state index in [9.17, 15) is 13.9 Å². The van der Waals surface area contributed by atoms with Crippen LogP contribution in [-0.4, -0.2) is 5.11 Å². The van der Waals surface area contributed by atoms with Gasteiger partial charge >= 0.3 is 0 Å². The maximum atomic E-state index is 12.9. The van der Waals surface area contributed by atoms with Crippen LogP contribution in [0.3, 0.4) is 0 Å². The largest absolute Gasteiger partial charge is 0.388 e. The van der Waals surface area contributed by atoms with Crippen molar-refractivity contribution in [3.05, 3.63) is 34.4 Å². The highest BCUT2D eigenvalue weighted by atomic mass is 35.5. The second-order valence-electron chi connectivity index (χ2n) is 3.98. The number of benzene rings is 1. The minimum absolute atomic E-state index is 0.0852. The summed E-state index contributed by atoms with van der Waals surface area (Å²) >= 11 is 5.73. The van der Waals surface area contributed by atoms with E-state index in [1.807, 2.05) is 0 Å². The Labute approximate surface area is 91.7 Å². The number of halogens is 3. The molecule has 1 aromatic rings. The summed E-state index contributed by atoms with van der Waals surface area (Å²) in [5.74, 6) is -1.45. The van der Waals surface area contributed by atoms with Gasteiger partial charge in [0.1, 0.15) is 0 Å². The Morgan fingerprint density at radius 3 is 2.53 bits per heavy atom. The van der Waals surface area contributed by atoms with Gasteiger partial charge in [-0.2, -0.15) is 0 Å². The molecular formula is C11H11ClF2O. The van der Waals surface area contributed by atoms with Gasteiger partial charge in [0.2, 0.25) is 0 Å². The molecule has 82 valence electrons. The predicted octanol–water partition coefficient (Wildman–Crippen LogP) is 3.45. The van der Waals surface area contributed by atoms with Crippen LogP contribution in [0.2, 0.25) is 5.02 Å². The van der Waals surface area contributed by atoms with Gasteiger partial charge in [-0.3, -0.25) is 0 Å². The van der Waals surface area contributed by atoms with Gasteiger partial charge in [0, 0.05) is 10.6 Å². The molecule has 1 aromatic carbocycles. The Balaban J connectivity index is 2.21. The zero-order valence-electron chi connectivity index (χ0n) is 8.01. The van der Waals surface area contributed by atoms with Gasteiger partial charge < -0.3 is 5.11 Å². The lowest BCUT2D eigenvalue weighted by molar-refractivity contribution is 0.160. The molecule has 0 aromatic heterocycles. The normalized spacial score (nSPS) is 17.9. The van der Waals surface area contributed by atoms with Gasteiger partial charge in [0.05, 0.1) is 6.10 Å². The minimum Gasteiger partial charge on any atom is -0.388 e. The number of hydrogen-bond donors (Lipinski definition) is 1. The smallest absolute Gasteiger partial charge is 0.160 e. The third-order valence-corrected chi connectivity index (χ3v) is 2.98. The van der Waals surface area contributed by atoms with Crippen molar-refractivity contribution in [1.29, 1.82) is 0 Å². The molecule has 0 bridgehead atoms. The third kappa shape index (κ3) is 2.47. The van der Waals surface area contributed by atoms with E-state index in [0.29, 0.717) is 12.3 Å². The molecule has 1 atom stereocenters. The average molecular weight is 233 g/mol. The lowest BCUT2D eigenvalue weighted by Gasteiger charge is -2.12. The van der Waals surface area contributed by atoms with E-state index >= 15 is 0 Å². The van der Waals surface area contributed by atoms with Crippen LogP contribution >= 0.6 is 11.6 Å². The number of rotatable bonds is 3. The molecular weight excluding hydrogens is 222 g/mol. The van der Waals surface area contributed by atoms with E-state index in [1.165, 1.54) is 0 Å². The zero-order chi connectivity index (χ0) is 11.0. The van der Waals surface area contributed by atoms with Gasteiger partial charge in [-0.25, -0.2) is 8.78 Å². The molecule has 1 saturated carbocycles. The van der Waals surface area contributed by atoms with Crippen LogP contribution in [0.15, 0.2) is 12.1 Å². The number of aliphatic hydroxyl groups is 1. The fourth-order valence-corrected chi connectivity index (χ4v) is 1.87. The first-order valence-corrected chi connectivity index (χ1v) is 5.28. The topological polar surface area (TPSA) is 20.2 Å². The Bertz CT molecular complexity index is 377. The summed E-state index contributed by atoms with van der Waals surface area (Å²) in [7, 11) is 0. The van der Waals surface area contributed by atoms with Gasteiger partial charge in [0.15, 0.2) is 11.6 Å². The Hall–Kier alpha value is -0.670. The van der Waals surface area contributed by atoms with Crippen LogP contribution in [0.1, 0.15) is 30.9 Å². The van der Waals surface area contributed by atoms with Crippen molar-refractivity contribution < 1.29 is 13.9 Å². The SMILES string of the molecule is OC(CC1CC1)c1cc(F)c(F)cc1Cl. The van der Waals surface area contributed by atoms with E-state index in [1.54, 1.807) is 0 Å². The molecule has 1 nitrogen and oxygen atoms in total. The van der Waals surface area contributed by atoms with Gasteiger partial charge in [-0.1, -0.05) is 24.4 Å². The second-order valence-corrected chi connectivity index (χ2v) is 4.39. The van der Waals surface area contributed by atoms with Crippen molar-refractivity contribution in [2.45, 2.75) is 25.4 Å². The van der Waals surface area contributed by atoms with Crippen LogP contribution in [0.25, 0.3) is 0 Å². The molecule has 15 heavy (non-hydrogen) atoms. The van der Waals surface area contributed by atoms with Crippen molar-refractivity contribution in [1.82, 2.24) is 0 Å². The van der Waals surface area contributed by atoms with E-state index in [4.69, 9.17) is 11.6 Å². The van der Waals surface area contributed by atoms with Gasteiger partial charge in [-0.05, 0) is 24.5 Å². The first-order chi connectivity index (χ1) is 7.08. The summed E-state index contributed by atoms with van der Waals surface area (Å²) in [6.45, 7) is 0. The summed E-state index contributed by atoms with van der Waals surface area (Å²) in [6, 6.07) is 1.88. The summed E-state index contributed by atoms with van der Waals surface area (Å²) in [4.78, 5) is 0. The maximum absolute atomic E-state index is 12.9. The molecule has 0 heterocycles. The van der Waals surface area contributed by atoms with Crippen LogP contribution < -0.4 is 0 Å². The van der Waals surface area contributed by atoms with E-state index in [-0.39, 0.29) is 10.6 Å². The van der Waals surface area contributed by atoms with Crippen molar-refractivity contribution in [3.63, 3.8) is 0 Å². The molecule has 1 aliphatic rings. The van der Waals surface area contributed by atoms with E-state index in [2.05, 4.69) is 0 Å². The Morgan fingerprint density at radius 1 is 1.33 bits per heavy atom. The molecule has 0 spiro atoms. The summed E-state index contributed by atoms with van der Waals surface area (Å²) in [5.41, 5.74) is 0.280. The molecule has 0 saturated heterocycles. The molecule has 1 aliphatic carbocycles. The quantitative estimate of drug-likeness (QED) is 0.792. The fourth-order valence-electron chi connectivity index (χ4n) is 1.59. The summed E-state index contributed by atoms with van der Waals surface area (Å²) in [6.07, 6.45) is 1.97. The molecule has 4 heteroatoms. The molecule has 1 N–H and O–H groups in total. The Kier molecular flexibility index (Phi) is 2.94. The fraction of sp³-hybridized carbons (Fsp3) is 0.455. The van der Waals surface area contributed by atoms with Crippen LogP contribution in [0.5, 0.6) is 0 Å². The highest BCUT2D eigenvalue weighted by Crippen LogP contribution is 2.39. The standard InChI is InChI=1S/C11H11ClF2O/c12-8-5-10(14)9(13)4-7(8)11(15)3-6-1-2-6/h4-6,11,15H,1-3H2. The van der Waals surface area contributed by atoms with Crippen LogP contribution in [0.4, 0.5) is 8.78 Å². The van der Waals surface area contributed by atoms with Crippen LogP contribution in [-0.2, 0) is 0 Å².